The standard InChI is InChI=1S/C22H23N2O/c1-13(2)16-8-11-19-22(23-16)21-18(25-19)10-7-15(4)20(21)17-9-6-14(3)12-24(17)5/h6-13H,1-5H3/q+1/i1D3,13D. The van der Waals surface area contributed by atoms with Crippen LogP contribution in [-0.2, 0) is 7.05 Å². The van der Waals surface area contributed by atoms with Crippen LogP contribution in [0.5, 0.6) is 0 Å². The zero-order chi connectivity index (χ0) is 21.1. The molecule has 3 aromatic heterocycles. The highest BCUT2D eigenvalue weighted by Crippen LogP contribution is 2.37. The number of pyridine rings is 2. The maximum Gasteiger partial charge on any atom is 0.213 e. The van der Waals surface area contributed by atoms with Gasteiger partial charge in [0.25, 0.3) is 0 Å². The lowest BCUT2D eigenvalue weighted by atomic mass is 9.99. The zero-order valence-electron chi connectivity index (χ0n) is 18.8. The summed E-state index contributed by atoms with van der Waals surface area (Å²) >= 11 is 0. The smallest absolute Gasteiger partial charge is 0.213 e. The fraction of sp³-hybridized carbons (Fsp3) is 0.273. The molecule has 0 aliphatic rings. The van der Waals surface area contributed by atoms with E-state index in [0.717, 1.165) is 27.8 Å². The first kappa shape index (κ1) is 11.8. The molecule has 3 heteroatoms. The SMILES string of the molecule is [2H]C([2H])([2H])C([2H])(C)c1ccc2oc3ccc(C)c(-c4ccc(C)c[n+]4C)c3c2n1. The van der Waals surface area contributed by atoms with Crippen molar-refractivity contribution >= 4 is 22.1 Å². The van der Waals surface area contributed by atoms with Gasteiger partial charge >= 0.3 is 0 Å². The van der Waals surface area contributed by atoms with Crippen molar-refractivity contribution in [2.45, 2.75) is 33.5 Å². The van der Waals surface area contributed by atoms with Gasteiger partial charge in [-0.2, -0.15) is 0 Å². The Balaban J connectivity index is 2.08. The van der Waals surface area contributed by atoms with Gasteiger partial charge in [0.1, 0.15) is 18.1 Å². The maximum atomic E-state index is 8.41. The van der Waals surface area contributed by atoms with Crippen molar-refractivity contribution < 1.29 is 14.5 Å². The summed E-state index contributed by atoms with van der Waals surface area (Å²) in [5.41, 5.74) is 6.27. The highest BCUT2D eigenvalue weighted by atomic mass is 16.3. The van der Waals surface area contributed by atoms with Crippen LogP contribution in [0.25, 0.3) is 33.3 Å². The van der Waals surface area contributed by atoms with Gasteiger partial charge in [-0.1, -0.05) is 19.8 Å². The zero-order valence-corrected chi connectivity index (χ0v) is 14.8. The average Bonchev–Trinajstić information content (AvgIpc) is 2.99. The van der Waals surface area contributed by atoms with Crippen molar-refractivity contribution in [1.29, 1.82) is 0 Å². The number of benzene rings is 1. The minimum atomic E-state index is -2.49. The van der Waals surface area contributed by atoms with Gasteiger partial charge in [0.05, 0.1) is 10.9 Å². The second-order valence-electron chi connectivity index (χ2n) is 6.60. The van der Waals surface area contributed by atoms with Gasteiger partial charge in [-0.05, 0) is 49.6 Å². The summed E-state index contributed by atoms with van der Waals surface area (Å²) in [6.45, 7) is 2.97. The molecular formula is C22H23N2O+. The molecule has 1 unspecified atom stereocenters. The van der Waals surface area contributed by atoms with Crippen molar-refractivity contribution in [1.82, 2.24) is 4.98 Å². The maximum absolute atomic E-state index is 8.41. The van der Waals surface area contributed by atoms with E-state index in [0.29, 0.717) is 16.7 Å². The fourth-order valence-corrected chi connectivity index (χ4v) is 3.38. The van der Waals surface area contributed by atoms with Crippen LogP contribution in [0.1, 0.15) is 42.0 Å². The van der Waals surface area contributed by atoms with Crippen LogP contribution < -0.4 is 4.57 Å². The van der Waals surface area contributed by atoms with Crippen LogP contribution in [0, 0.1) is 13.8 Å². The first-order valence-electron chi connectivity index (χ1n) is 10.3. The molecule has 0 saturated carbocycles. The third kappa shape index (κ3) is 2.51. The molecule has 3 heterocycles. The van der Waals surface area contributed by atoms with E-state index in [-0.39, 0.29) is 5.69 Å². The molecule has 4 aromatic rings. The van der Waals surface area contributed by atoms with E-state index >= 15 is 0 Å². The Morgan fingerprint density at radius 3 is 2.68 bits per heavy atom. The average molecular weight is 335 g/mol. The Hall–Kier alpha value is -2.68. The number of rotatable bonds is 2. The summed E-state index contributed by atoms with van der Waals surface area (Å²) in [7, 11) is 2.00. The molecule has 0 aliphatic heterocycles. The Morgan fingerprint density at radius 1 is 1.12 bits per heavy atom. The molecule has 25 heavy (non-hydrogen) atoms. The molecule has 0 spiro atoms. The summed E-state index contributed by atoms with van der Waals surface area (Å²) < 4.78 is 39.7. The summed E-state index contributed by atoms with van der Waals surface area (Å²) in [6.07, 6.45) is 2.06. The van der Waals surface area contributed by atoms with E-state index in [1.165, 1.54) is 6.92 Å². The third-order valence-electron chi connectivity index (χ3n) is 4.61. The van der Waals surface area contributed by atoms with Crippen molar-refractivity contribution in [3.8, 4) is 11.3 Å². The Labute approximate surface area is 153 Å². The molecule has 3 nitrogen and oxygen atoms in total. The first-order chi connectivity index (χ1) is 13.5. The van der Waals surface area contributed by atoms with Crippen LogP contribution >= 0.6 is 0 Å². The molecule has 126 valence electrons. The molecule has 0 N–H and O–H groups in total. The van der Waals surface area contributed by atoms with Crippen LogP contribution in [0.4, 0.5) is 0 Å². The summed E-state index contributed by atoms with van der Waals surface area (Å²) in [5, 5.41) is 0.836. The second-order valence-corrected chi connectivity index (χ2v) is 6.60. The molecule has 0 fully saturated rings. The van der Waals surface area contributed by atoms with Gasteiger partial charge in [-0.3, -0.25) is 0 Å². The van der Waals surface area contributed by atoms with Crippen molar-refractivity contribution in [2.24, 2.45) is 7.05 Å². The quantitative estimate of drug-likeness (QED) is 0.471. The predicted molar refractivity (Wildman–Crippen MR) is 102 cm³/mol. The van der Waals surface area contributed by atoms with Gasteiger partial charge in [0, 0.05) is 22.8 Å². The van der Waals surface area contributed by atoms with Gasteiger partial charge in [-0.25, -0.2) is 9.55 Å². The minimum Gasteiger partial charge on any atom is -0.454 e. The highest BCUT2D eigenvalue weighted by molar-refractivity contribution is 6.10. The minimum absolute atomic E-state index is 0.202. The van der Waals surface area contributed by atoms with E-state index in [2.05, 4.69) is 27.9 Å². The number of aryl methyl sites for hydroxylation is 3. The van der Waals surface area contributed by atoms with Crippen molar-refractivity contribution in [3.05, 3.63) is 59.4 Å². The molecule has 1 atom stereocenters. The van der Waals surface area contributed by atoms with Gasteiger partial charge in [0.2, 0.25) is 5.69 Å². The Morgan fingerprint density at radius 2 is 1.92 bits per heavy atom. The Kier molecular flexibility index (Phi) is 2.69. The molecule has 4 rings (SSSR count). The Bertz CT molecular complexity index is 1260. The summed E-state index contributed by atoms with van der Waals surface area (Å²) in [4.78, 5) is 4.63. The molecule has 0 radical (unpaired) electrons. The predicted octanol–water partition coefficient (Wildman–Crippen LogP) is 5.21. The lowest BCUT2D eigenvalue weighted by molar-refractivity contribution is -0.660. The normalized spacial score (nSPS) is 17.0. The van der Waals surface area contributed by atoms with Crippen LogP contribution in [0.3, 0.4) is 0 Å². The number of furan rings is 1. The van der Waals surface area contributed by atoms with E-state index in [1.807, 2.05) is 33.0 Å². The lowest BCUT2D eigenvalue weighted by Crippen LogP contribution is -2.31. The second kappa shape index (κ2) is 5.69. The monoisotopic (exact) mass is 335 g/mol. The number of aromatic nitrogens is 2. The van der Waals surface area contributed by atoms with Crippen LogP contribution in [0.15, 0.2) is 47.0 Å². The molecule has 0 aliphatic carbocycles. The van der Waals surface area contributed by atoms with Crippen molar-refractivity contribution in [2.75, 3.05) is 0 Å². The molecular weight excluding hydrogens is 308 g/mol. The van der Waals surface area contributed by atoms with Gasteiger partial charge in [-0.15, -0.1) is 0 Å². The fourth-order valence-electron chi connectivity index (χ4n) is 3.38. The highest BCUT2D eigenvalue weighted by Gasteiger charge is 2.21. The molecule has 0 saturated heterocycles. The van der Waals surface area contributed by atoms with E-state index in [1.54, 1.807) is 12.1 Å². The topological polar surface area (TPSA) is 29.9 Å². The van der Waals surface area contributed by atoms with Crippen molar-refractivity contribution in [3.63, 3.8) is 0 Å². The third-order valence-corrected chi connectivity index (χ3v) is 4.61. The summed E-state index contributed by atoms with van der Waals surface area (Å²) in [5.74, 6) is -1.82. The number of fused-ring (bicyclic) bond motifs is 3. The lowest BCUT2D eigenvalue weighted by Gasteiger charge is -2.07. The van der Waals surface area contributed by atoms with E-state index in [9.17, 15) is 0 Å². The molecule has 0 bridgehead atoms. The van der Waals surface area contributed by atoms with Crippen LogP contribution in [0.2, 0.25) is 0 Å². The largest absolute Gasteiger partial charge is 0.454 e. The molecule has 0 amide bonds. The van der Waals surface area contributed by atoms with E-state index < -0.39 is 12.7 Å². The van der Waals surface area contributed by atoms with Crippen LogP contribution in [-0.4, -0.2) is 4.98 Å². The summed E-state index contributed by atoms with van der Waals surface area (Å²) in [6, 6.07) is 11.3. The number of nitrogens with zero attached hydrogens (tertiary/aromatic N) is 2. The first-order valence-corrected chi connectivity index (χ1v) is 8.31. The van der Waals surface area contributed by atoms with E-state index in [4.69, 9.17) is 9.90 Å². The van der Waals surface area contributed by atoms with Gasteiger partial charge < -0.3 is 4.42 Å². The van der Waals surface area contributed by atoms with Gasteiger partial charge in [0.15, 0.2) is 11.8 Å². The molecule has 1 aromatic carbocycles. The number of hydrogen-bond donors (Lipinski definition) is 0. The number of hydrogen-bond acceptors (Lipinski definition) is 2.